The summed E-state index contributed by atoms with van der Waals surface area (Å²) < 4.78 is 24.6. The van der Waals surface area contributed by atoms with E-state index in [2.05, 4.69) is 95.3 Å². The lowest BCUT2D eigenvalue weighted by Gasteiger charge is -2.43. The van der Waals surface area contributed by atoms with E-state index in [1.54, 1.807) is 7.11 Å². The minimum atomic E-state index is -2.63. The van der Waals surface area contributed by atoms with Gasteiger partial charge in [-0.25, -0.2) is 0 Å². The fourth-order valence-corrected chi connectivity index (χ4v) is 10.6. The van der Waals surface area contributed by atoms with Crippen molar-refractivity contribution in [2.45, 2.75) is 77.4 Å². The molecule has 41 heavy (non-hydrogen) atoms. The molecule has 1 saturated heterocycles. The van der Waals surface area contributed by atoms with Crippen LogP contribution in [0.1, 0.15) is 65.7 Å². The van der Waals surface area contributed by atoms with Gasteiger partial charge in [-0.3, -0.25) is 0 Å². The SMILES string of the molecule is COc1ccc(C2OCC[C@H]([C@@H](C)CC[C@H](O)[C@H](C)CO[Si](c3ccccc3)(c3ccccc3)C(C)(C)C)O2)cc1. The number of aliphatic hydroxyl groups excluding tert-OH is 1. The number of benzene rings is 3. The molecule has 1 fully saturated rings. The molecular weight excluding hydrogens is 528 g/mol. The molecule has 0 bridgehead atoms. The summed E-state index contributed by atoms with van der Waals surface area (Å²) in [5.74, 6) is 1.13. The van der Waals surface area contributed by atoms with Crippen molar-refractivity contribution in [1.82, 2.24) is 0 Å². The van der Waals surface area contributed by atoms with Gasteiger partial charge < -0.3 is 23.7 Å². The van der Waals surface area contributed by atoms with Gasteiger partial charge in [-0.05, 0) is 52.7 Å². The summed E-state index contributed by atoms with van der Waals surface area (Å²) in [6, 6.07) is 29.2. The molecule has 1 unspecified atom stereocenters. The summed E-state index contributed by atoms with van der Waals surface area (Å²) in [5.41, 5.74) is 0.997. The summed E-state index contributed by atoms with van der Waals surface area (Å²) in [6.45, 7) is 12.4. The van der Waals surface area contributed by atoms with Crippen molar-refractivity contribution in [3.63, 3.8) is 0 Å². The van der Waals surface area contributed by atoms with Crippen molar-refractivity contribution >= 4 is 18.7 Å². The number of ether oxygens (including phenoxy) is 3. The second-order valence-electron chi connectivity index (χ2n) is 12.5. The van der Waals surface area contributed by atoms with Gasteiger partial charge in [0.05, 0.1) is 25.9 Å². The number of hydrogen-bond acceptors (Lipinski definition) is 5. The van der Waals surface area contributed by atoms with Gasteiger partial charge >= 0.3 is 0 Å². The Bertz CT molecular complexity index is 1140. The first kappa shape index (κ1) is 31.5. The minimum Gasteiger partial charge on any atom is -0.497 e. The van der Waals surface area contributed by atoms with Gasteiger partial charge in [0.15, 0.2) is 6.29 Å². The van der Waals surface area contributed by atoms with E-state index in [0.29, 0.717) is 25.6 Å². The monoisotopic (exact) mass is 576 g/mol. The van der Waals surface area contributed by atoms with Crippen LogP contribution in [-0.2, 0) is 13.9 Å². The number of aliphatic hydroxyl groups is 1. The van der Waals surface area contributed by atoms with Crippen LogP contribution in [0.5, 0.6) is 5.75 Å². The van der Waals surface area contributed by atoms with Crippen molar-refractivity contribution in [3.05, 3.63) is 90.5 Å². The molecule has 5 nitrogen and oxygen atoms in total. The van der Waals surface area contributed by atoms with Crippen LogP contribution in [0.15, 0.2) is 84.9 Å². The second-order valence-corrected chi connectivity index (χ2v) is 16.8. The first-order valence-corrected chi connectivity index (χ1v) is 16.9. The summed E-state index contributed by atoms with van der Waals surface area (Å²) in [6.07, 6.45) is 1.71. The highest BCUT2D eigenvalue weighted by molar-refractivity contribution is 6.99. The lowest BCUT2D eigenvalue weighted by molar-refractivity contribution is -0.228. The van der Waals surface area contributed by atoms with Crippen LogP contribution >= 0.6 is 0 Å². The maximum atomic E-state index is 11.2. The van der Waals surface area contributed by atoms with Crippen LogP contribution in [0.25, 0.3) is 0 Å². The molecule has 5 atom stereocenters. The van der Waals surface area contributed by atoms with E-state index in [4.69, 9.17) is 18.6 Å². The van der Waals surface area contributed by atoms with Gasteiger partial charge in [-0.2, -0.15) is 0 Å². The summed E-state index contributed by atoms with van der Waals surface area (Å²) in [7, 11) is -0.965. The van der Waals surface area contributed by atoms with Crippen LogP contribution < -0.4 is 15.1 Å². The molecule has 3 aromatic rings. The van der Waals surface area contributed by atoms with Crippen LogP contribution in [-0.4, -0.2) is 46.0 Å². The molecule has 3 aromatic carbocycles. The highest BCUT2D eigenvalue weighted by Gasteiger charge is 2.50. The highest BCUT2D eigenvalue weighted by atomic mass is 28.4. The molecule has 1 aliphatic heterocycles. The van der Waals surface area contributed by atoms with Crippen LogP contribution in [0.4, 0.5) is 0 Å². The maximum Gasteiger partial charge on any atom is 0.261 e. The van der Waals surface area contributed by atoms with Gasteiger partial charge in [-0.15, -0.1) is 0 Å². The molecule has 0 amide bonds. The predicted octanol–water partition coefficient (Wildman–Crippen LogP) is 6.49. The molecular formula is C35H48O5Si. The molecule has 222 valence electrons. The summed E-state index contributed by atoms with van der Waals surface area (Å²) in [5, 5.41) is 13.7. The van der Waals surface area contributed by atoms with Crippen LogP contribution in [0, 0.1) is 11.8 Å². The van der Waals surface area contributed by atoms with Crippen molar-refractivity contribution in [1.29, 1.82) is 0 Å². The fourth-order valence-electron chi connectivity index (χ4n) is 5.94. The van der Waals surface area contributed by atoms with Crippen molar-refractivity contribution in [2.24, 2.45) is 11.8 Å². The third-order valence-electron chi connectivity index (χ3n) is 8.55. The number of methoxy groups -OCH3 is 1. The molecule has 1 aliphatic rings. The molecule has 1 heterocycles. The molecule has 0 spiro atoms. The van der Waals surface area contributed by atoms with Gasteiger partial charge in [-0.1, -0.05) is 107 Å². The zero-order valence-corrected chi connectivity index (χ0v) is 26.6. The number of hydrogen-bond donors (Lipinski definition) is 1. The van der Waals surface area contributed by atoms with E-state index >= 15 is 0 Å². The summed E-state index contributed by atoms with van der Waals surface area (Å²) >= 11 is 0. The topological polar surface area (TPSA) is 57.2 Å². The Morgan fingerprint density at radius 2 is 1.46 bits per heavy atom. The predicted molar refractivity (Wildman–Crippen MR) is 168 cm³/mol. The zero-order valence-electron chi connectivity index (χ0n) is 25.6. The molecule has 1 N–H and O–H groups in total. The molecule has 4 rings (SSSR count). The van der Waals surface area contributed by atoms with Gasteiger partial charge in [0.25, 0.3) is 8.32 Å². The third-order valence-corrected chi connectivity index (χ3v) is 13.6. The Morgan fingerprint density at radius 3 is 2.00 bits per heavy atom. The second kappa shape index (κ2) is 14.1. The van der Waals surface area contributed by atoms with Gasteiger partial charge in [0.2, 0.25) is 0 Å². The highest BCUT2D eigenvalue weighted by Crippen LogP contribution is 2.37. The van der Waals surface area contributed by atoms with E-state index in [-0.39, 0.29) is 23.4 Å². The van der Waals surface area contributed by atoms with E-state index in [0.717, 1.165) is 24.2 Å². The van der Waals surface area contributed by atoms with E-state index < -0.39 is 14.4 Å². The van der Waals surface area contributed by atoms with Crippen LogP contribution in [0.3, 0.4) is 0 Å². The smallest absolute Gasteiger partial charge is 0.261 e. The first-order chi connectivity index (χ1) is 19.7. The van der Waals surface area contributed by atoms with Crippen molar-refractivity contribution < 1.29 is 23.7 Å². The Morgan fingerprint density at radius 1 is 0.878 bits per heavy atom. The van der Waals surface area contributed by atoms with Crippen LogP contribution in [0.2, 0.25) is 5.04 Å². The number of rotatable bonds is 12. The molecule has 0 radical (unpaired) electrons. The van der Waals surface area contributed by atoms with Gasteiger partial charge in [0, 0.05) is 18.1 Å². The standard InChI is InChI=1S/C35H48O5Si/c1-26(33-23-24-38-34(40-33)28-18-20-29(37-6)21-19-28)17-22-32(36)27(2)25-39-41(35(3,4)5,30-13-9-7-10-14-30)31-15-11-8-12-16-31/h7-16,18-21,26-27,32-34,36H,17,22-25H2,1-6H3/t26-,27+,32-,33+,34?/m0/s1. The molecule has 6 heteroatoms. The Hall–Kier alpha value is -2.48. The van der Waals surface area contributed by atoms with E-state index in [9.17, 15) is 5.11 Å². The minimum absolute atomic E-state index is 0.00602. The fraction of sp³-hybridized carbons (Fsp3) is 0.486. The molecule has 0 aliphatic carbocycles. The normalized spacial score (nSPS) is 20.3. The Balaban J connectivity index is 1.38. The lowest BCUT2D eigenvalue weighted by Crippen LogP contribution is -2.67. The third kappa shape index (κ3) is 7.48. The lowest BCUT2D eigenvalue weighted by atomic mass is 9.91. The Labute approximate surface area is 247 Å². The molecule has 0 aromatic heterocycles. The largest absolute Gasteiger partial charge is 0.497 e. The quantitative estimate of drug-likeness (QED) is 0.250. The van der Waals surface area contributed by atoms with E-state index in [1.165, 1.54) is 10.4 Å². The summed E-state index contributed by atoms with van der Waals surface area (Å²) in [4.78, 5) is 0. The first-order valence-electron chi connectivity index (χ1n) is 15.0. The zero-order chi connectivity index (χ0) is 29.5. The maximum absolute atomic E-state index is 11.2. The Kier molecular flexibility index (Phi) is 10.8. The average Bonchev–Trinajstić information content (AvgIpc) is 3.00. The van der Waals surface area contributed by atoms with Gasteiger partial charge in [0.1, 0.15) is 5.75 Å². The van der Waals surface area contributed by atoms with Crippen molar-refractivity contribution in [2.75, 3.05) is 20.3 Å². The van der Waals surface area contributed by atoms with Crippen molar-refractivity contribution in [3.8, 4) is 5.75 Å². The average molecular weight is 577 g/mol. The van der Waals surface area contributed by atoms with E-state index in [1.807, 2.05) is 24.3 Å². The molecule has 0 saturated carbocycles.